The van der Waals surface area contributed by atoms with Crippen LogP contribution in [0.15, 0.2) is 59.5 Å². The van der Waals surface area contributed by atoms with Crippen molar-refractivity contribution in [3.8, 4) is 22.8 Å². The molecular weight excluding hydrogens is 332 g/mol. The molecule has 0 aliphatic heterocycles. The third kappa shape index (κ3) is 4.22. The van der Waals surface area contributed by atoms with Gasteiger partial charge in [-0.25, -0.2) is 0 Å². The Hall–Kier alpha value is -3.28. The van der Waals surface area contributed by atoms with Crippen molar-refractivity contribution in [3.63, 3.8) is 0 Å². The molecule has 134 valence electrons. The summed E-state index contributed by atoms with van der Waals surface area (Å²) in [5.74, 6) is 1.90. The lowest BCUT2D eigenvalue weighted by Gasteiger charge is -2.10. The normalized spacial score (nSPS) is 10.4. The van der Waals surface area contributed by atoms with Crippen LogP contribution in [-0.2, 0) is 17.8 Å². The molecule has 1 aromatic carbocycles. The molecule has 0 unspecified atom stereocenters. The molecule has 3 aromatic rings. The number of pyridine rings is 1. The molecule has 1 amide bonds. The minimum atomic E-state index is -0.0828. The summed E-state index contributed by atoms with van der Waals surface area (Å²) in [6, 6.07) is 11.1. The van der Waals surface area contributed by atoms with E-state index in [2.05, 4.69) is 10.3 Å². The third-order valence-corrected chi connectivity index (χ3v) is 3.90. The first kappa shape index (κ1) is 17.5. The largest absolute Gasteiger partial charge is 0.493 e. The fraction of sp³-hybridized carbons (Fsp3) is 0.200. The highest BCUT2D eigenvalue weighted by Crippen LogP contribution is 2.27. The first-order valence-corrected chi connectivity index (χ1v) is 8.15. The molecule has 0 aliphatic carbocycles. The molecule has 0 saturated carbocycles. The van der Waals surface area contributed by atoms with Crippen LogP contribution in [0.5, 0.6) is 11.5 Å². The van der Waals surface area contributed by atoms with Crippen LogP contribution in [0.25, 0.3) is 11.3 Å². The van der Waals surface area contributed by atoms with Crippen molar-refractivity contribution in [2.24, 2.45) is 0 Å². The third-order valence-electron chi connectivity index (χ3n) is 3.90. The van der Waals surface area contributed by atoms with E-state index in [1.54, 1.807) is 45.0 Å². The van der Waals surface area contributed by atoms with Crippen LogP contribution < -0.4 is 14.8 Å². The zero-order chi connectivity index (χ0) is 18.4. The van der Waals surface area contributed by atoms with Crippen LogP contribution in [0.2, 0.25) is 0 Å². The average Bonchev–Trinajstić information content (AvgIpc) is 3.21. The molecule has 6 nitrogen and oxygen atoms in total. The second kappa shape index (κ2) is 8.20. The van der Waals surface area contributed by atoms with Gasteiger partial charge in [0.15, 0.2) is 11.5 Å². The number of hydrogen-bond donors (Lipinski definition) is 1. The number of carbonyl (C=O) groups is 1. The van der Waals surface area contributed by atoms with Gasteiger partial charge in [-0.1, -0.05) is 6.07 Å². The van der Waals surface area contributed by atoms with Gasteiger partial charge < -0.3 is 19.2 Å². The highest BCUT2D eigenvalue weighted by Gasteiger charge is 2.09. The molecule has 0 radical (unpaired) electrons. The van der Waals surface area contributed by atoms with Crippen molar-refractivity contribution in [1.29, 1.82) is 0 Å². The fourth-order valence-electron chi connectivity index (χ4n) is 2.60. The Bertz CT molecular complexity index is 875. The molecular formula is C20H20N2O4. The van der Waals surface area contributed by atoms with Crippen molar-refractivity contribution >= 4 is 5.91 Å². The minimum absolute atomic E-state index is 0.0828. The number of nitrogens with zero attached hydrogens (tertiary/aromatic N) is 1. The molecule has 0 atom stereocenters. The highest BCUT2D eigenvalue weighted by atomic mass is 16.5. The number of nitrogens with one attached hydrogen (secondary N) is 1. The van der Waals surface area contributed by atoms with Gasteiger partial charge in [0, 0.05) is 24.5 Å². The SMILES string of the molecule is COc1ccc(CC(=O)NCc2cncc(-c3ccco3)c2)cc1OC. The number of ether oxygens (including phenoxy) is 2. The number of rotatable bonds is 7. The van der Waals surface area contributed by atoms with Gasteiger partial charge in [0.05, 0.1) is 26.9 Å². The van der Waals surface area contributed by atoms with E-state index < -0.39 is 0 Å². The lowest BCUT2D eigenvalue weighted by molar-refractivity contribution is -0.120. The number of aromatic nitrogens is 1. The zero-order valence-electron chi connectivity index (χ0n) is 14.7. The summed E-state index contributed by atoms with van der Waals surface area (Å²) >= 11 is 0. The molecule has 0 saturated heterocycles. The van der Waals surface area contributed by atoms with Crippen LogP contribution in [0.3, 0.4) is 0 Å². The van der Waals surface area contributed by atoms with Gasteiger partial charge in [-0.05, 0) is 41.5 Å². The van der Waals surface area contributed by atoms with Crippen molar-refractivity contribution in [2.45, 2.75) is 13.0 Å². The number of methoxy groups -OCH3 is 2. The van der Waals surface area contributed by atoms with E-state index in [1.807, 2.05) is 24.3 Å². The van der Waals surface area contributed by atoms with E-state index >= 15 is 0 Å². The molecule has 26 heavy (non-hydrogen) atoms. The van der Waals surface area contributed by atoms with Gasteiger partial charge in [-0.3, -0.25) is 9.78 Å². The van der Waals surface area contributed by atoms with E-state index in [4.69, 9.17) is 13.9 Å². The second-order valence-electron chi connectivity index (χ2n) is 5.70. The minimum Gasteiger partial charge on any atom is -0.493 e. The quantitative estimate of drug-likeness (QED) is 0.707. The van der Waals surface area contributed by atoms with Crippen LogP contribution in [-0.4, -0.2) is 25.1 Å². The summed E-state index contributed by atoms with van der Waals surface area (Å²) in [7, 11) is 3.15. The Morgan fingerprint density at radius 3 is 2.65 bits per heavy atom. The second-order valence-corrected chi connectivity index (χ2v) is 5.70. The maximum atomic E-state index is 12.2. The van der Waals surface area contributed by atoms with Gasteiger partial charge in [-0.15, -0.1) is 0 Å². The molecule has 0 fully saturated rings. The maximum Gasteiger partial charge on any atom is 0.224 e. The number of carbonyl (C=O) groups excluding carboxylic acids is 1. The van der Waals surface area contributed by atoms with E-state index in [0.29, 0.717) is 18.0 Å². The van der Waals surface area contributed by atoms with Gasteiger partial charge in [0.2, 0.25) is 5.91 Å². The molecule has 0 aliphatic rings. The van der Waals surface area contributed by atoms with Gasteiger partial charge in [-0.2, -0.15) is 0 Å². The number of amides is 1. The van der Waals surface area contributed by atoms with Crippen LogP contribution in [0, 0.1) is 0 Å². The Morgan fingerprint density at radius 2 is 1.92 bits per heavy atom. The summed E-state index contributed by atoms with van der Waals surface area (Å²) in [6.07, 6.45) is 5.33. The first-order chi connectivity index (χ1) is 12.7. The Balaban J connectivity index is 1.60. The van der Waals surface area contributed by atoms with Gasteiger partial charge in [0.1, 0.15) is 5.76 Å². The van der Waals surface area contributed by atoms with Crippen LogP contribution in [0.4, 0.5) is 0 Å². The fourth-order valence-corrected chi connectivity index (χ4v) is 2.60. The summed E-state index contributed by atoms with van der Waals surface area (Å²) in [4.78, 5) is 16.4. The van der Waals surface area contributed by atoms with E-state index in [9.17, 15) is 4.79 Å². The van der Waals surface area contributed by atoms with Crippen LogP contribution in [0.1, 0.15) is 11.1 Å². The number of benzene rings is 1. The molecule has 3 rings (SSSR count). The molecule has 2 aromatic heterocycles. The molecule has 1 N–H and O–H groups in total. The average molecular weight is 352 g/mol. The first-order valence-electron chi connectivity index (χ1n) is 8.15. The lowest BCUT2D eigenvalue weighted by Crippen LogP contribution is -2.24. The van der Waals surface area contributed by atoms with Gasteiger partial charge in [0.25, 0.3) is 0 Å². The van der Waals surface area contributed by atoms with Gasteiger partial charge >= 0.3 is 0 Å². The number of furan rings is 1. The summed E-state index contributed by atoms with van der Waals surface area (Å²) in [5.41, 5.74) is 2.63. The summed E-state index contributed by atoms with van der Waals surface area (Å²) < 4.78 is 15.8. The predicted octanol–water partition coefficient (Wildman–Crippen LogP) is 3.22. The Labute approximate surface area is 151 Å². The van der Waals surface area contributed by atoms with E-state index in [-0.39, 0.29) is 12.3 Å². The van der Waals surface area contributed by atoms with E-state index in [1.165, 1.54) is 0 Å². The maximum absolute atomic E-state index is 12.2. The summed E-state index contributed by atoms with van der Waals surface area (Å²) in [6.45, 7) is 0.396. The monoisotopic (exact) mass is 352 g/mol. The van der Waals surface area contributed by atoms with E-state index in [0.717, 1.165) is 22.5 Å². The highest BCUT2D eigenvalue weighted by molar-refractivity contribution is 5.78. The number of hydrogen-bond acceptors (Lipinski definition) is 5. The van der Waals surface area contributed by atoms with Crippen molar-refractivity contribution in [3.05, 3.63) is 66.2 Å². The van der Waals surface area contributed by atoms with Crippen molar-refractivity contribution in [1.82, 2.24) is 10.3 Å². The Morgan fingerprint density at radius 1 is 1.08 bits per heavy atom. The molecule has 6 heteroatoms. The Kier molecular flexibility index (Phi) is 5.53. The summed E-state index contributed by atoms with van der Waals surface area (Å²) in [5, 5.41) is 2.90. The molecule has 2 heterocycles. The predicted molar refractivity (Wildman–Crippen MR) is 97.0 cm³/mol. The van der Waals surface area contributed by atoms with Crippen molar-refractivity contribution < 1.29 is 18.7 Å². The lowest BCUT2D eigenvalue weighted by atomic mass is 10.1. The topological polar surface area (TPSA) is 73.6 Å². The molecule has 0 spiro atoms. The zero-order valence-corrected chi connectivity index (χ0v) is 14.7. The van der Waals surface area contributed by atoms with Crippen molar-refractivity contribution in [2.75, 3.05) is 14.2 Å². The smallest absolute Gasteiger partial charge is 0.224 e. The molecule has 0 bridgehead atoms. The standard InChI is InChI=1S/C20H20N2O4/c1-24-18-6-5-14(9-19(18)25-2)10-20(23)22-12-15-8-16(13-21-11-15)17-4-3-7-26-17/h3-9,11,13H,10,12H2,1-2H3,(H,22,23). The van der Waals surface area contributed by atoms with Crippen LogP contribution >= 0.6 is 0 Å².